The molecule has 2 aromatic rings. The van der Waals surface area contributed by atoms with Gasteiger partial charge in [0, 0.05) is 12.2 Å². The van der Waals surface area contributed by atoms with Gasteiger partial charge in [-0.25, -0.2) is 9.97 Å². The molecule has 1 aromatic heterocycles. The normalized spacial score (nSPS) is 12.1. The second-order valence-electron chi connectivity index (χ2n) is 3.71. The van der Waals surface area contributed by atoms with E-state index < -0.39 is 0 Å². The van der Waals surface area contributed by atoms with Crippen molar-refractivity contribution in [3.63, 3.8) is 0 Å². The molecule has 0 aliphatic rings. The summed E-state index contributed by atoms with van der Waals surface area (Å²) in [6.07, 6.45) is 3.75. The molecule has 1 N–H and O–H groups in total. The van der Waals surface area contributed by atoms with Gasteiger partial charge in [0.25, 0.3) is 0 Å². The molecule has 1 heterocycles. The second-order valence-corrected chi connectivity index (χ2v) is 4.48. The highest BCUT2D eigenvalue weighted by molar-refractivity contribution is 7.98. The number of benzene rings is 1. The fraction of sp³-hybridized carbons (Fsp3) is 0.231. The average molecular weight is 245 g/mol. The molecule has 0 saturated heterocycles. The SMILES string of the molecule is CSc1nccc(N[C@@H](C)c2ccccc2)n1. The van der Waals surface area contributed by atoms with Crippen LogP contribution in [0.4, 0.5) is 5.82 Å². The van der Waals surface area contributed by atoms with Crippen molar-refractivity contribution in [3.05, 3.63) is 48.2 Å². The van der Waals surface area contributed by atoms with Gasteiger partial charge in [-0.05, 0) is 24.8 Å². The highest BCUT2D eigenvalue weighted by atomic mass is 32.2. The third kappa shape index (κ3) is 3.20. The van der Waals surface area contributed by atoms with Crippen LogP contribution in [0.15, 0.2) is 47.8 Å². The number of rotatable bonds is 4. The molecule has 0 aliphatic heterocycles. The fourth-order valence-electron chi connectivity index (χ4n) is 1.57. The van der Waals surface area contributed by atoms with Gasteiger partial charge < -0.3 is 5.32 Å². The molecule has 17 heavy (non-hydrogen) atoms. The maximum Gasteiger partial charge on any atom is 0.189 e. The van der Waals surface area contributed by atoms with Gasteiger partial charge in [-0.15, -0.1) is 0 Å². The maximum absolute atomic E-state index is 4.40. The van der Waals surface area contributed by atoms with E-state index in [1.54, 1.807) is 18.0 Å². The molecule has 0 spiro atoms. The Morgan fingerprint density at radius 1 is 1.18 bits per heavy atom. The number of nitrogens with one attached hydrogen (secondary N) is 1. The van der Waals surface area contributed by atoms with E-state index in [1.807, 2.05) is 30.5 Å². The molecule has 0 unspecified atom stereocenters. The van der Waals surface area contributed by atoms with Crippen LogP contribution in [0.3, 0.4) is 0 Å². The van der Waals surface area contributed by atoms with Crippen LogP contribution >= 0.6 is 11.8 Å². The van der Waals surface area contributed by atoms with E-state index in [0.717, 1.165) is 11.0 Å². The van der Waals surface area contributed by atoms with Crippen LogP contribution in [-0.2, 0) is 0 Å². The highest BCUT2D eigenvalue weighted by Gasteiger charge is 2.05. The van der Waals surface area contributed by atoms with Gasteiger partial charge in [0.1, 0.15) is 5.82 Å². The summed E-state index contributed by atoms with van der Waals surface area (Å²) in [6.45, 7) is 2.12. The lowest BCUT2D eigenvalue weighted by Crippen LogP contribution is -2.08. The van der Waals surface area contributed by atoms with Gasteiger partial charge in [-0.3, -0.25) is 0 Å². The summed E-state index contributed by atoms with van der Waals surface area (Å²) in [4.78, 5) is 8.55. The Morgan fingerprint density at radius 3 is 2.65 bits per heavy atom. The van der Waals surface area contributed by atoms with Crippen LogP contribution in [-0.4, -0.2) is 16.2 Å². The highest BCUT2D eigenvalue weighted by Crippen LogP contribution is 2.18. The van der Waals surface area contributed by atoms with Crippen LogP contribution in [0.2, 0.25) is 0 Å². The van der Waals surface area contributed by atoms with Crippen molar-refractivity contribution >= 4 is 17.6 Å². The largest absolute Gasteiger partial charge is 0.363 e. The zero-order valence-electron chi connectivity index (χ0n) is 9.92. The van der Waals surface area contributed by atoms with Crippen molar-refractivity contribution in [2.45, 2.75) is 18.1 Å². The number of hydrogen-bond acceptors (Lipinski definition) is 4. The summed E-state index contributed by atoms with van der Waals surface area (Å²) in [7, 11) is 0. The lowest BCUT2D eigenvalue weighted by molar-refractivity contribution is 0.856. The number of anilines is 1. The Kier molecular flexibility index (Phi) is 3.98. The van der Waals surface area contributed by atoms with E-state index in [0.29, 0.717) is 0 Å². The van der Waals surface area contributed by atoms with E-state index in [9.17, 15) is 0 Å². The van der Waals surface area contributed by atoms with Gasteiger partial charge in [0.2, 0.25) is 0 Å². The molecule has 0 saturated carbocycles. The average Bonchev–Trinajstić information content (AvgIpc) is 2.40. The lowest BCUT2D eigenvalue weighted by atomic mass is 10.1. The number of thioether (sulfide) groups is 1. The summed E-state index contributed by atoms with van der Waals surface area (Å²) in [5, 5.41) is 4.16. The molecule has 4 heteroatoms. The fourth-order valence-corrected chi connectivity index (χ4v) is 1.92. The predicted octanol–water partition coefficient (Wildman–Crippen LogP) is 3.37. The molecule has 1 aromatic carbocycles. The molecule has 3 nitrogen and oxygen atoms in total. The van der Waals surface area contributed by atoms with Crippen LogP contribution in [0.1, 0.15) is 18.5 Å². The van der Waals surface area contributed by atoms with E-state index in [2.05, 4.69) is 34.3 Å². The maximum atomic E-state index is 4.40. The zero-order valence-corrected chi connectivity index (χ0v) is 10.7. The Labute approximate surface area is 106 Å². The Morgan fingerprint density at radius 2 is 1.94 bits per heavy atom. The molecule has 0 aliphatic carbocycles. The minimum absolute atomic E-state index is 0.237. The molecular weight excluding hydrogens is 230 g/mol. The molecule has 88 valence electrons. The summed E-state index contributed by atoms with van der Waals surface area (Å²) in [5.41, 5.74) is 1.25. The van der Waals surface area contributed by atoms with E-state index >= 15 is 0 Å². The predicted molar refractivity (Wildman–Crippen MR) is 72.3 cm³/mol. The van der Waals surface area contributed by atoms with Gasteiger partial charge >= 0.3 is 0 Å². The van der Waals surface area contributed by atoms with Gasteiger partial charge in [0.05, 0.1) is 0 Å². The van der Waals surface area contributed by atoms with Crippen molar-refractivity contribution in [2.24, 2.45) is 0 Å². The van der Waals surface area contributed by atoms with Crippen molar-refractivity contribution < 1.29 is 0 Å². The second kappa shape index (κ2) is 5.68. The van der Waals surface area contributed by atoms with Gasteiger partial charge in [-0.2, -0.15) is 0 Å². The Hall–Kier alpha value is -1.55. The minimum Gasteiger partial charge on any atom is -0.363 e. The van der Waals surface area contributed by atoms with Crippen molar-refractivity contribution in [2.75, 3.05) is 11.6 Å². The molecule has 0 bridgehead atoms. The molecule has 2 rings (SSSR count). The van der Waals surface area contributed by atoms with E-state index in [1.165, 1.54) is 5.56 Å². The number of aromatic nitrogens is 2. The topological polar surface area (TPSA) is 37.8 Å². The summed E-state index contributed by atoms with van der Waals surface area (Å²) >= 11 is 1.54. The lowest BCUT2D eigenvalue weighted by Gasteiger charge is -2.14. The molecule has 1 atom stereocenters. The molecule has 0 amide bonds. The summed E-state index contributed by atoms with van der Waals surface area (Å²) in [5.74, 6) is 0.862. The number of hydrogen-bond donors (Lipinski definition) is 1. The molecule has 0 radical (unpaired) electrons. The first-order chi connectivity index (χ1) is 8.29. The van der Waals surface area contributed by atoms with Crippen LogP contribution < -0.4 is 5.32 Å². The summed E-state index contributed by atoms with van der Waals surface area (Å²) < 4.78 is 0. The zero-order chi connectivity index (χ0) is 12.1. The third-order valence-electron chi connectivity index (χ3n) is 2.48. The van der Waals surface area contributed by atoms with E-state index in [4.69, 9.17) is 0 Å². The third-order valence-corrected chi connectivity index (χ3v) is 3.04. The quantitative estimate of drug-likeness (QED) is 0.662. The van der Waals surface area contributed by atoms with Gasteiger partial charge in [0.15, 0.2) is 5.16 Å². The standard InChI is InChI=1S/C13H15N3S/c1-10(11-6-4-3-5-7-11)15-12-8-9-14-13(16-12)17-2/h3-10H,1-2H3,(H,14,15,16)/t10-/m0/s1. The number of nitrogens with zero attached hydrogens (tertiary/aromatic N) is 2. The Bertz CT molecular complexity index is 473. The first-order valence-corrected chi connectivity index (χ1v) is 6.70. The smallest absolute Gasteiger partial charge is 0.189 e. The van der Waals surface area contributed by atoms with Crippen LogP contribution in [0.5, 0.6) is 0 Å². The first kappa shape index (κ1) is 11.9. The van der Waals surface area contributed by atoms with Crippen molar-refractivity contribution in [1.29, 1.82) is 0 Å². The van der Waals surface area contributed by atoms with E-state index in [-0.39, 0.29) is 6.04 Å². The monoisotopic (exact) mass is 245 g/mol. The minimum atomic E-state index is 0.237. The summed E-state index contributed by atoms with van der Waals surface area (Å²) in [6, 6.07) is 12.4. The molecular formula is C13H15N3S. The Balaban J connectivity index is 2.10. The van der Waals surface area contributed by atoms with Crippen LogP contribution in [0, 0.1) is 0 Å². The van der Waals surface area contributed by atoms with Crippen molar-refractivity contribution in [3.8, 4) is 0 Å². The molecule has 0 fully saturated rings. The van der Waals surface area contributed by atoms with Crippen molar-refractivity contribution in [1.82, 2.24) is 9.97 Å². The first-order valence-electron chi connectivity index (χ1n) is 5.48. The van der Waals surface area contributed by atoms with Crippen LogP contribution in [0.25, 0.3) is 0 Å². The van der Waals surface area contributed by atoms with Gasteiger partial charge in [-0.1, -0.05) is 42.1 Å².